The van der Waals surface area contributed by atoms with Gasteiger partial charge in [-0.2, -0.15) is 12.6 Å². The predicted molar refractivity (Wildman–Crippen MR) is 134 cm³/mol. The summed E-state index contributed by atoms with van der Waals surface area (Å²) in [6.07, 6.45) is 4.39. The van der Waals surface area contributed by atoms with Gasteiger partial charge in [0, 0.05) is 12.2 Å². The number of hydrogen-bond donors (Lipinski definition) is 10. The predicted octanol–water partition coefficient (Wildman–Crippen LogP) is -2.56. The minimum atomic E-state index is -1.22. The Kier molecular flexibility index (Phi) is 24.3. The highest BCUT2D eigenvalue weighted by Gasteiger charge is 2.20. The lowest BCUT2D eigenvalue weighted by Crippen LogP contribution is -2.49. The molecule has 2 amide bonds. The van der Waals surface area contributed by atoms with Crippen LogP contribution in [0, 0.1) is 0 Å². The lowest BCUT2D eigenvalue weighted by atomic mass is 10.1. The van der Waals surface area contributed by atoms with E-state index >= 15 is 0 Å². The molecule has 0 aliphatic carbocycles. The van der Waals surface area contributed by atoms with Crippen molar-refractivity contribution in [3.05, 3.63) is 0 Å². The molecule has 0 radical (unpaired) electrons. The minimum Gasteiger partial charge on any atom is -0.480 e. The summed E-state index contributed by atoms with van der Waals surface area (Å²) in [4.78, 5) is 43.7. The van der Waals surface area contributed by atoms with E-state index in [0.29, 0.717) is 0 Å². The van der Waals surface area contributed by atoms with Crippen molar-refractivity contribution in [1.29, 1.82) is 0 Å². The molecule has 14 heteroatoms. The van der Waals surface area contributed by atoms with Gasteiger partial charge >= 0.3 is 11.9 Å². The standard InChI is InChI=1S/C10H26N4.C10H17N3O6S/c11-5-3-9-13-7-1-2-8-14-10-4-6-12;11-5(10(18)19)1-2-7(14)13-6(4-20)9(17)12-3-8(15)16/h13-14H,1-12H2;5-6,20H,1-4,11H2,(H,12,17)(H,13,14)(H,15,16)(H,18,19). The molecule has 0 fully saturated rings. The monoisotopic (exact) mass is 509 g/mol. The van der Waals surface area contributed by atoms with Gasteiger partial charge in [0.05, 0.1) is 0 Å². The molecule has 0 bridgehead atoms. The maximum Gasteiger partial charge on any atom is 0.322 e. The Labute approximate surface area is 206 Å². The van der Waals surface area contributed by atoms with Crippen LogP contribution in [0.2, 0.25) is 0 Å². The van der Waals surface area contributed by atoms with Crippen molar-refractivity contribution in [2.75, 3.05) is 51.6 Å². The molecule has 0 aliphatic rings. The second-order valence-corrected chi connectivity index (χ2v) is 7.75. The van der Waals surface area contributed by atoms with Crippen LogP contribution in [0.15, 0.2) is 0 Å². The molecular formula is C20H43N7O6S. The first-order valence-electron chi connectivity index (χ1n) is 11.4. The second kappa shape index (κ2) is 24.2. The Morgan fingerprint density at radius 2 is 1.35 bits per heavy atom. The molecule has 0 saturated heterocycles. The van der Waals surface area contributed by atoms with Gasteiger partial charge in [0.2, 0.25) is 11.8 Å². The molecule has 0 aromatic rings. The number of carbonyl (C=O) groups is 4. The Morgan fingerprint density at radius 1 is 0.853 bits per heavy atom. The molecule has 2 unspecified atom stereocenters. The highest BCUT2D eigenvalue weighted by atomic mass is 32.1. The average molecular weight is 510 g/mol. The van der Waals surface area contributed by atoms with Crippen LogP contribution in [0.1, 0.15) is 38.5 Å². The van der Waals surface area contributed by atoms with E-state index in [-0.39, 0.29) is 18.6 Å². The van der Waals surface area contributed by atoms with Gasteiger partial charge in [-0.15, -0.1) is 0 Å². The number of nitrogens with two attached hydrogens (primary N) is 3. The number of carbonyl (C=O) groups excluding carboxylic acids is 2. The van der Waals surface area contributed by atoms with Crippen LogP contribution >= 0.6 is 12.6 Å². The van der Waals surface area contributed by atoms with E-state index in [1.807, 2.05) is 0 Å². The number of carboxylic acids is 2. The van der Waals surface area contributed by atoms with Gasteiger partial charge in [-0.3, -0.25) is 19.2 Å². The molecule has 12 N–H and O–H groups in total. The minimum absolute atomic E-state index is 0.0256. The number of rotatable bonds is 20. The maximum absolute atomic E-state index is 11.5. The summed E-state index contributed by atoms with van der Waals surface area (Å²) < 4.78 is 0. The van der Waals surface area contributed by atoms with E-state index in [4.69, 9.17) is 27.4 Å². The third-order valence-corrected chi connectivity index (χ3v) is 4.69. The molecule has 0 spiro atoms. The lowest BCUT2D eigenvalue weighted by molar-refractivity contribution is -0.139. The van der Waals surface area contributed by atoms with Gasteiger partial charge in [0.15, 0.2) is 0 Å². The van der Waals surface area contributed by atoms with E-state index in [1.165, 1.54) is 12.8 Å². The van der Waals surface area contributed by atoms with Gasteiger partial charge in [-0.05, 0) is 71.4 Å². The molecule has 0 heterocycles. The lowest BCUT2D eigenvalue weighted by Gasteiger charge is -2.16. The Balaban J connectivity index is 0. The van der Waals surface area contributed by atoms with Crippen LogP contribution in [0.5, 0.6) is 0 Å². The summed E-state index contributed by atoms with van der Waals surface area (Å²) in [5, 5.41) is 28.1. The fraction of sp³-hybridized carbons (Fsp3) is 0.800. The number of amides is 2. The van der Waals surface area contributed by atoms with E-state index in [0.717, 1.165) is 52.1 Å². The summed E-state index contributed by atoms with van der Waals surface area (Å²) in [6, 6.07) is -2.15. The van der Waals surface area contributed by atoms with Crippen LogP contribution in [-0.2, 0) is 19.2 Å². The van der Waals surface area contributed by atoms with Crippen LogP contribution in [0.4, 0.5) is 0 Å². The fourth-order valence-electron chi connectivity index (χ4n) is 2.36. The van der Waals surface area contributed by atoms with Gasteiger partial charge < -0.3 is 48.7 Å². The summed E-state index contributed by atoms with van der Waals surface area (Å²) in [7, 11) is 0. The Bertz CT molecular complexity index is 560. The van der Waals surface area contributed by atoms with Crippen LogP contribution in [0.3, 0.4) is 0 Å². The number of hydrogen-bond acceptors (Lipinski definition) is 10. The quantitative estimate of drug-likeness (QED) is 0.0605. The molecular weight excluding hydrogens is 466 g/mol. The molecule has 0 aromatic heterocycles. The number of aliphatic carboxylic acids is 2. The molecule has 200 valence electrons. The Morgan fingerprint density at radius 3 is 1.76 bits per heavy atom. The average Bonchev–Trinajstić information content (AvgIpc) is 2.80. The zero-order valence-corrected chi connectivity index (χ0v) is 20.7. The molecule has 0 saturated carbocycles. The van der Waals surface area contributed by atoms with Gasteiger partial charge in [-0.25, -0.2) is 0 Å². The largest absolute Gasteiger partial charge is 0.480 e. The summed E-state index contributed by atoms with van der Waals surface area (Å²) in [5.41, 5.74) is 16.0. The van der Waals surface area contributed by atoms with E-state index in [2.05, 4.69) is 33.9 Å². The van der Waals surface area contributed by atoms with Crippen molar-refractivity contribution in [3.8, 4) is 0 Å². The SMILES string of the molecule is NC(CCC(=O)NC(CS)C(=O)NCC(=O)O)C(=O)O.NCCCNCCCCNCCCN. The molecule has 13 nitrogen and oxygen atoms in total. The zero-order valence-electron chi connectivity index (χ0n) is 19.8. The first kappa shape index (κ1) is 34.2. The highest BCUT2D eigenvalue weighted by molar-refractivity contribution is 7.80. The van der Waals surface area contributed by atoms with Crippen molar-refractivity contribution in [3.63, 3.8) is 0 Å². The molecule has 0 aliphatic heterocycles. The zero-order chi connectivity index (χ0) is 26.2. The second-order valence-electron chi connectivity index (χ2n) is 7.39. The van der Waals surface area contributed by atoms with Crippen LogP contribution < -0.4 is 38.5 Å². The van der Waals surface area contributed by atoms with Crippen molar-refractivity contribution in [2.24, 2.45) is 17.2 Å². The van der Waals surface area contributed by atoms with Crippen molar-refractivity contribution in [2.45, 2.75) is 50.6 Å². The van der Waals surface area contributed by atoms with Crippen LogP contribution in [-0.4, -0.2) is 97.6 Å². The molecule has 0 rings (SSSR count). The number of carboxylic acid groups (broad SMARTS) is 2. The third kappa shape index (κ3) is 23.2. The van der Waals surface area contributed by atoms with Crippen molar-refractivity contribution < 1.29 is 29.4 Å². The van der Waals surface area contributed by atoms with Crippen molar-refractivity contribution >= 4 is 36.4 Å². The topological polar surface area (TPSA) is 235 Å². The van der Waals surface area contributed by atoms with Gasteiger partial charge in [-0.1, -0.05) is 0 Å². The van der Waals surface area contributed by atoms with Gasteiger partial charge in [0.25, 0.3) is 0 Å². The van der Waals surface area contributed by atoms with Crippen LogP contribution in [0.25, 0.3) is 0 Å². The third-order valence-electron chi connectivity index (χ3n) is 4.32. The number of thiol groups is 1. The summed E-state index contributed by atoms with van der Waals surface area (Å²) >= 11 is 3.87. The normalized spacial score (nSPS) is 12.1. The van der Waals surface area contributed by atoms with E-state index in [9.17, 15) is 19.2 Å². The summed E-state index contributed by atoms with van der Waals surface area (Å²) in [5.74, 6) is -3.70. The molecule has 0 aromatic carbocycles. The first-order valence-corrected chi connectivity index (χ1v) is 12.0. The smallest absolute Gasteiger partial charge is 0.322 e. The fourth-order valence-corrected chi connectivity index (χ4v) is 2.62. The first-order chi connectivity index (χ1) is 16.2. The maximum atomic E-state index is 11.5. The van der Waals surface area contributed by atoms with Crippen molar-refractivity contribution in [1.82, 2.24) is 21.3 Å². The number of nitrogens with one attached hydrogen (secondary N) is 4. The molecule has 2 atom stereocenters. The van der Waals surface area contributed by atoms with E-state index in [1.54, 1.807) is 0 Å². The Hall–Kier alpha value is -1.97. The summed E-state index contributed by atoms with van der Waals surface area (Å²) in [6.45, 7) is 5.33. The molecule has 34 heavy (non-hydrogen) atoms. The highest BCUT2D eigenvalue weighted by Crippen LogP contribution is 1.97. The van der Waals surface area contributed by atoms with Gasteiger partial charge in [0.1, 0.15) is 18.6 Å². The van der Waals surface area contributed by atoms with E-state index < -0.39 is 42.4 Å². The number of unbranched alkanes of at least 4 members (excludes halogenated alkanes) is 1.